The van der Waals surface area contributed by atoms with Crippen LogP contribution in [0.15, 0.2) is 24.3 Å². The van der Waals surface area contributed by atoms with Gasteiger partial charge in [0.05, 0.1) is 0 Å². The first-order chi connectivity index (χ1) is 12.5. The lowest BCUT2D eigenvalue weighted by Crippen LogP contribution is -2.37. The van der Waals surface area contributed by atoms with Crippen LogP contribution in [0.3, 0.4) is 0 Å². The van der Waals surface area contributed by atoms with E-state index in [1.165, 1.54) is 12.8 Å². The molecule has 1 aliphatic carbocycles. The smallest absolute Gasteiger partial charge is 0.330 e. The highest BCUT2D eigenvalue weighted by Gasteiger charge is 2.22. The lowest BCUT2D eigenvalue weighted by atomic mass is 10.0. The Kier molecular flexibility index (Phi) is 7.63. The van der Waals surface area contributed by atoms with Crippen molar-refractivity contribution in [2.24, 2.45) is 0 Å². The summed E-state index contributed by atoms with van der Waals surface area (Å²) in [5.41, 5.74) is 1.44. The number of carbonyl (C=O) groups excluding carboxylic acids is 2. The van der Waals surface area contributed by atoms with Gasteiger partial charge in [-0.1, -0.05) is 55.5 Å². The van der Waals surface area contributed by atoms with Gasteiger partial charge in [-0.2, -0.15) is 0 Å². The number of carboxylic acid groups (broad SMARTS) is 1. The minimum atomic E-state index is -1.12. The first kappa shape index (κ1) is 19.9. The van der Waals surface area contributed by atoms with E-state index in [9.17, 15) is 19.5 Å². The van der Waals surface area contributed by atoms with Crippen LogP contribution in [0.5, 0.6) is 0 Å². The molecule has 6 nitrogen and oxygen atoms in total. The molecular formula is C20H28N2O4. The van der Waals surface area contributed by atoms with Gasteiger partial charge in [-0.05, 0) is 25.3 Å². The minimum absolute atomic E-state index is 0.0197. The zero-order valence-electron chi connectivity index (χ0n) is 15.3. The van der Waals surface area contributed by atoms with Gasteiger partial charge in [-0.25, -0.2) is 4.79 Å². The van der Waals surface area contributed by atoms with Crippen molar-refractivity contribution in [2.75, 3.05) is 0 Å². The Morgan fingerprint density at radius 3 is 2.35 bits per heavy atom. The van der Waals surface area contributed by atoms with Gasteiger partial charge in [0, 0.05) is 18.9 Å². The number of carbonyl (C=O) groups is 3. The molecule has 3 N–H and O–H groups in total. The monoisotopic (exact) mass is 360 g/mol. The van der Waals surface area contributed by atoms with Crippen LogP contribution in [0.2, 0.25) is 0 Å². The quantitative estimate of drug-likeness (QED) is 0.652. The summed E-state index contributed by atoms with van der Waals surface area (Å²) in [4.78, 5) is 35.7. The highest BCUT2D eigenvalue weighted by Crippen LogP contribution is 2.18. The second-order valence-electron chi connectivity index (χ2n) is 7.01. The molecule has 1 aliphatic rings. The van der Waals surface area contributed by atoms with E-state index in [0.29, 0.717) is 5.56 Å². The SMILES string of the molecule is Cc1cccc([C@@H](NC(=O)CCC(=O)NC2CCCCCC2)C(=O)O)c1. The fourth-order valence-corrected chi connectivity index (χ4v) is 3.32. The van der Waals surface area contributed by atoms with Gasteiger partial charge in [-0.3, -0.25) is 9.59 Å². The number of benzene rings is 1. The normalized spacial score (nSPS) is 16.3. The van der Waals surface area contributed by atoms with Crippen LogP contribution < -0.4 is 10.6 Å². The second-order valence-corrected chi connectivity index (χ2v) is 7.01. The number of aliphatic carboxylic acids is 1. The Labute approximate surface area is 154 Å². The fourth-order valence-electron chi connectivity index (χ4n) is 3.32. The molecule has 0 aromatic heterocycles. The van der Waals surface area contributed by atoms with Gasteiger partial charge < -0.3 is 15.7 Å². The third-order valence-electron chi connectivity index (χ3n) is 4.73. The van der Waals surface area contributed by atoms with Crippen molar-refractivity contribution >= 4 is 17.8 Å². The highest BCUT2D eigenvalue weighted by atomic mass is 16.4. The molecule has 0 heterocycles. The third-order valence-corrected chi connectivity index (χ3v) is 4.73. The van der Waals surface area contributed by atoms with E-state index < -0.39 is 17.9 Å². The van der Waals surface area contributed by atoms with Crippen LogP contribution in [0, 0.1) is 6.92 Å². The Morgan fingerprint density at radius 2 is 1.73 bits per heavy atom. The molecule has 1 fully saturated rings. The van der Waals surface area contributed by atoms with E-state index in [4.69, 9.17) is 0 Å². The van der Waals surface area contributed by atoms with Crippen molar-refractivity contribution in [3.8, 4) is 0 Å². The second kappa shape index (κ2) is 9.94. The lowest BCUT2D eigenvalue weighted by Gasteiger charge is -2.17. The first-order valence-electron chi connectivity index (χ1n) is 9.34. The summed E-state index contributed by atoms with van der Waals surface area (Å²) in [6.07, 6.45) is 6.72. The summed E-state index contributed by atoms with van der Waals surface area (Å²) >= 11 is 0. The van der Waals surface area contributed by atoms with Crippen LogP contribution in [-0.4, -0.2) is 28.9 Å². The highest BCUT2D eigenvalue weighted by molar-refractivity contribution is 5.87. The maximum atomic E-state index is 12.1. The number of amides is 2. The van der Waals surface area contributed by atoms with Crippen molar-refractivity contribution in [2.45, 2.75) is 70.4 Å². The van der Waals surface area contributed by atoms with Crippen LogP contribution in [-0.2, 0) is 14.4 Å². The largest absolute Gasteiger partial charge is 0.479 e. The van der Waals surface area contributed by atoms with E-state index in [1.54, 1.807) is 18.2 Å². The Morgan fingerprint density at radius 1 is 1.08 bits per heavy atom. The van der Waals surface area contributed by atoms with Gasteiger partial charge in [0.15, 0.2) is 6.04 Å². The number of aryl methyl sites for hydroxylation is 1. The molecule has 2 amide bonds. The van der Waals surface area contributed by atoms with E-state index in [2.05, 4.69) is 10.6 Å². The maximum Gasteiger partial charge on any atom is 0.330 e. The first-order valence-corrected chi connectivity index (χ1v) is 9.34. The number of hydrogen-bond acceptors (Lipinski definition) is 3. The molecule has 6 heteroatoms. The van der Waals surface area contributed by atoms with E-state index in [1.807, 2.05) is 13.0 Å². The lowest BCUT2D eigenvalue weighted by molar-refractivity contribution is -0.142. The zero-order chi connectivity index (χ0) is 18.9. The molecule has 2 rings (SSSR count). The Hall–Kier alpha value is -2.37. The molecule has 0 saturated heterocycles. The number of nitrogens with one attached hydrogen (secondary N) is 2. The van der Waals surface area contributed by atoms with Crippen molar-refractivity contribution in [1.82, 2.24) is 10.6 Å². The van der Waals surface area contributed by atoms with E-state index in [-0.39, 0.29) is 24.8 Å². The van der Waals surface area contributed by atoms with Crippen LogP contribution >= 0.6 is 0 Å². The van der Waals surface area contributed by atoms with Gasteiger partial charge in [0.25, 0.3) is 0 Å². The maximum absolute atomic E-state index is 12.1. The number of rotatable bonds is 7. The van der Waals surface area contributed by atoms with Crippen LogP contribution in [0.1, 0.15) is 68.5 Å². The molecule has 0 bridgehead atoms. The van der Waals surface area contributed by atoms with E-state index >= 15 is 0 Å². The van der Waals surface area contributed by atoms with E-state index in [0.717, 1.165) is 31.2 Å². The molecule has 1 saturated carbocycles. The number of hydrogen-bond donors (Lipinski definition) is 3. The topological polar surface area (TPSA) is 95.5 Å². The van der Waals surface area contributed by atoms with Gasteiger partial charge in [-0.15, -0.1) is 0 Å². The predicted octanol–water partition coefficient (Wildman–Crippen LogP) is 2.86. The molecule has 0 spiro atoms. The zero-order valence-corrected chi connectivity index (χ0v) is 15.3. The molecule has 0 unspecified atom stereocenters. The molecule has 0 radical (unpaired) electrons. The molecule has 1 aromatic carbocycles. The predicted molar refractivity (Wildman–Crippen MR) is 98.6 cm³/mol. The molecule has 1 aromatic rings. The van der Waals surface area contributed by atoms with Crippen LogP contribution in [0.25, 0.3) is 0 Å². The van der Waals surface area contributed by atoms with Crippen molar-refractivity contribution in [3.63, 3.8) is 0 Å². The Bertz CT molecular complexity index is 636. The van der Waals surface area contributed by atoms with Gasteiger partial charge in [0.1, 0.15) is 0 Å². The summed E-state index contributed by atoms with van der Waals surface area (Å²) in [7, 11) is 0. The van der Waals surface area contributed by atoms with Crippen molar-refractivity contribution in [3.05, 3.63) is 35.4 Å². The summed E-state index contributed by atoms with van der Waals surface area (Å²) in [5.74, 6) is -1.70. The number of carboxylic acids is 1. The molecule has 26 heavy (non-hydrogen) atoms. The molecule has 0 aliphatic heterocycles. The summed E-state index contributed by atoms with van der Waals surface area (Å²) in [6, 6.07) is 6.12. The molecular weight excluding hydrogens is 332 g/mol. The van der Waals surface area contributed by atoms with Crippen LogP contribution in [0.4, 0.5) is 0 Å². The minimum Gasteiger partial charge on any atom is -0.479 e. The third kappa shape index (κ3) is 6.50. The van der Waals surface area contributed by atoms with Gasteiger partial charge >= 0.3 is 5.97 Å². The standard InChI is InChI=1S/C20H28N2O4/c1-14-7-6-8-15(13-14)19(20(25)26)22-18(24)12-11-17(23)21-16-9-4-2-3-5-10-16/h6-8,13,16,19H,2-5,9-12H2,1H3,(H,21,23)(H,22,24)(H,25,26)/t19-/m1/s1. The fraction of sp³-hybridized carbons (Fsp3) is 0.550. The van der Waals surface area contributed by atoms with Crippen molar-refractivity contribution < 1.29 is 19.5 Å². The van der Waals surface area contributed by atoms with Crippen molar-refractivity contribution in [1.29, 1.82) is 0 Å². The Balaban J connectivity index is 1.82. The van der Waals surface area contributed by atoms with Gasteiger partial charge in [0.2, 0.25) is 11.8 Å². The average molecular weight is 360 g/mol. The summed E-state index contributed by atoms with van der Waals surface area (Å²) in [5, 5.41) is 14.9. The molecule has 142 valence electrons. The summed E-state index contributed by atoms with van der Waals surface area (Å²) in [6.45, 7) is 1.86. The summed E-state index contributed by atoms with van der Waals surface area (Å²) < 4.78 is 0. The average Bonchev–Trinajstić information content (AvgIpc) is 2.86. The molecule has 1 atom stereocenters.